The molecule has 14 saturated carbocycles. The first-order valence-electron chi connectivity index (χ1n) is 36.6. The van der Waals surface area contributed by atoms with Gasteiger partial charge >= 0.3 is 0 Å². The van der Waals surface area contributed by atoms with Crippen molar-refractivity contribution >= 4 is 0 Å². The summed E-state index contributed by atoms with van der Waals surface area (Å²) in [5.41, 5.74) is 0. The summed E-state index contributed by atoms with van der Waals surface area (Å²) >= 11 is 0. The molecule has 0 aliphatic heterocycles. The van der Waals surface area contributed by atoms with Crippen LogP contribution in [-0.4, -0.2) is 46.1 Å². The van der Waals surface area contributed by atoms with E-state index in [1.807, 2.05) is 0 Å². The van der Waals surface area contributed by atoms with Gasteiger partial charge in [-0.05, 0) is 306 Å². The fourth-order valence-corrected chi connectivity index (χ4v) is 25.6. The molecule has 76 heavy (non-hydrogen) atoms. The van der Waals surface area contributed by atoms with Crippen molar-refractivity contribution in [2.45, 2.75) is 332 Å². The van der Waals surface area contributed by atoms with Crippen LogP contribution in [0.15, 0.2) is 24.3 Å². The van der Waals surface area contributed by atoms with E-state index in [-0.39, 0.29) is 0 Å². The molecule has 0 bridgehead atoms. The molecule has 2 nitrogen and oxygen atoms in total. The molecule has 0 radical (unpaired) electrons. The summed E-state index contributed by atoms with van der Waals surface area (Å²) in [6.07, 6.45) is 82.1. The summed E-state index contributed by atoms with van der Waals surface area (Å²) < 4.78 is 0. The predicted molar refractivity (Wildman–Crippen MR) is 320 cm³/mol. The molecule has 14 aliphatic rings. The normalized spacial score (nSPS) is 47.3. The van der Waals surface area contributed by atoms with E-state index in [1.54, 1.807) is 116 Å². The van der Waals surface area contributed by atoms with Gasteiger partial charge in [-0.2, -0.15) is 0 Å². The van der Waals surface area contributed by atoms with Gasteiger partial charge < -0.3 is 0 Å². The lowest BCUT2D eigenvalue weighted by atomic mass is 9.43. The molecule has 0 spiro atoms. The minimum Gasteiger partial charge on any atom is -0.294 e. The highest BCUT2D eigenvalue weighted by molar-refractivity contribution is 5.11. The van der Waals surface area contributed by atoms with E-state index in [0.29, 0.717) is 0 Å². The van der Waals surface area contributed by atoms with Gasteiger partial charge in [-0.1, -0.05) is 121 Å². The highest BCUT2D eigenvalue weighted by Gasteiger charge is 2.60. The summed E-state index contributed by atoms with van der Waals surface area (Å²) in [7, 11) is 0. The second kappa shape index (κ2) is 24.7. The molecule has 12 unspecified atom stereocenters. The molecule has 0 aromatic heterocycles. The van der Waals surface area contributed by atoms with Crippen LogP contribution >= 0.6 is 0 Å². The zero-order valence-electron chi connectivity index (χ0n) is 49.6. The van der Waals surface area contributed by atoms with E-state index < -0.39 is 0 Å². The standard InChI is InChI=1S/C74H120N2/c1-5-15-51(16-6-1)25-27-53-29-38-63(39-30-53)75(61-20-9-3-10-21-61)65-49-58-35-33-56-47-60(48-57-34-36-59(50-65)73(58)72(56)57)67-45-46-71(70-44-43-68-66-24-14-13-19-55(66)37-42-69(68)74(67)70)76(62-22-11-4-12-23-62)64-40-31-54(32-41-64)28-26-52-17-7-2-8-18-52/h25-28,51-74H,1-24,29-50H2. The van der Waals surface area contributed by atoms with Crippen LogP contribution in [0.25, 0.3) is 0 Å². The van der Waals surface area contributed by atoms with Crippen LogP contribution in [0.1, 0.15) is 295 Å². The van der Waals surface area contributed by atoms with E-state index >= 15 is 0 Å². The molecule has 14 aliphatic carbocycles. The molecule has 12 atom stereocenters. The Balaban J connectivity index is 0.678. The largest absolute Gasteiger partial charge is 0.294 e. The van der Waals surface area contributed by atoms with Crippen molar-refractivity contribution in [3.05, 3.63) is 24.3 Å². The van der Waals surface area contributed by atoms with Crippen LogP contribution in [0.5, 0.6) is 0 Å². The van der Waals surface area contributed by atoms with Gasteiger partial charge in [-0.15, -0.1) is 0 Å². The number of fused-ring (bicyclic) bond motifs is 5. The molecule has 0 aromatic carbocycles. The quantitative estimate of drug-likeness (QED) is 0.190. The Hall–Kier alpha value is -0.600. The van der Waals surface area contributed by atoms with Crippen molar-refractivity contribution in [2.24, 2.45) is 107 Å². The highest BCUT2D eigenvalue weighted by atomic mass is 15.2. The maximum atomic E-state index is 3.48. The van der Waals surface area contributed by atoms with E-state index in [0.717, 1.165) is 143 Å². The molecule has 0 N–H and O–H groups in total. The van der Waals surface area contributed by atoms with Crippen molar-refractivity contribution in [3.63, 3.8) is 0 Å². The number of hydrogen-bond acceptors (Lipinski definition) is 2. The Morgan fingerprint density at radius 1 is 0.197 bits per heavy atom. The van der Waals surface area contributed by atoms with E-state index in [2.05, 4.69) is 34.1 Å². The topological polar surface area (TPSA) is 6.48 Å². The second-order valence-electron chi connectivity index (χ2n) is 32.1. The Morgan fingerprint density at radius 2 is 0.592 bits per heavy atom. The minimum atomic E-state index is 0.871. The van der Waals surface area contributed by atoms with Gasteiger partial charge in [0.1, 0.15) is 0 Å². The number of rotatable bonds is 11. The summed E-state index contributed by atoms with van der Waals surface area (Å²) in [5, 5.41) is 0. The third-order valence-corrected chi connectivity index (χ3v) is 28.7. The van der Waals surface area contributed by atoms with Gasteiger partial charge in [0.05, 0.1) is 0 Å². The molecule has 2 heteroatoms. The molecule has 0 aromatic rings. The van der Waals surface area contributed by atoms with Crippen LogP contribution in [0.3, 0.4) is 0 Å². The summed E-state index contributed by atoms with van der Waals surface area (Å²) in [6.45, 7) is 0. The molecule has 0 heterocycles. The molecule has 0 amide bonds. The highest BCUT2D eigenvalue weighted by Crippen LogP contribution is 2.66. The number of allylic oxidation sites excluding steroid dienone is 4. The Kier molecular flexibility index (Phi) is 17.4. The van der Waals surface area contributed by atoms with E-state index in [1.165, 1.54) is 180 Å². The van der Waals surface area contributed by atoms with Crippen LogP contribution in [0.4, 0.5) is 0 Å². The van der Waals surface area contributed by atoms with Gasteiger partial charge in [0, 0.05) is 36.3 Å². The van der Waals surface area contributed by atoms with Crippen molar-refractivity contribution in [3.8, 4) is 0 Å². The van der Waals surface area contributed by atoms with Crippen LogP contribution in [0, 0.1) is 107 Å². The summed E-state index contributed by atoms with van der Waals surface area (Å²) in [6, 6.07) is 5.41. The molecule has 0 saturated heterocycles. The second-order valence-corrected chi connectivity index (χ2v) is 32.1. The van der Waals surface area contributed by atoms with Crippen molar-refractivity contribution in [1.82, 2.24) is 9.80 Å². The fourth-order valence-electron chi connectivity index (χ4n) is 25.6. The molecule has 426 valence electrons. The van der Waals surface area contributed by atoms with Crippen molar-refractivity contribution in [1.29, 1.82) is 0 Å². The Bertz CT molecular complexity index is 1830. The van der Waals surface area contributed by atoms with E-state index in [9.17, 15) is 0 Å². The maximum absolute atomic E-state index is 3.48. The van der Waals surface area contributed by atoms with Crippen molar-refractivity contribution < 1.29 is 0 Å². The third kappa shape index (κ3) is 11.2. The van der Waals surface area contributed by atoms with Crippen LogP contribution in [0.2, 0.25) is 0 Å². The van der Waals surface area contributed by atoms with E-state index in [4.69, 9.17) is 0 Å². The van der Waals surface area contributed by atoms with Crippen molar-refractivity contribution in [2.75, 3.05) is 0 Å². The molecule has 14 rings (SSSR count). The van der Waals surface area contributed by atoms with Gasteiger partial charge in [-0.25, -0.2) is 0 Å². The Labute approximate surface area is 469 Å². The molecular formula is C74H120N2. The molecule has 14 fully saturated rings. The van der Waals surface area contributed by atoms with Crippen LogP contribution < -0.4 is 0 Å². The predicted octanol–water partition coefficient (Wildman–Crippen LogP) is 20.1. The van der Waals surface area contributed by atoms with Gasteiger partial charge in [0.2, 0.25) is 0 Å². The van der Waals surface area contributed by atoms with Gasteiger partial charge in [-0.3, -0.25) is 9.80 Å². The number of hydrogen-bond donors (Lipinski definition) is 0. The minimum absolute atomic E-state index is 0.871. The zero-order valence-corrected chi connectivity index (χ0v) is 49.6. The average Bonchev–Trinajstić information content (AvgIpc) is 3.61. The first-order chi connectivity index (χ1) is 37.7. The van der Waals surface area contributed by atoms with Crippen LogP contribution in [-0.2, 0) is 0 Å². The summed E-state index contributed by atoms with van der Waals surface area (Å²) in [5.74, 6) is 18.7. The summed E-state index contributed by atoms with van der Waals surface area (Å²) in [4.78, 5) is 6.86. The lowest BCUT2D eigenvalue weighted by molar-refractivity contribution is -0.147. The fraction of sp³-hybridized carbons (Fsp3) is 0.946. The zero-order chi connectivity index (χ0) is 50.4. The third-order valence-electron chi connectivity index (χ3n) is 28.7. The SMILES string of the molecule is C(=CC1CCC(N(C2CCCCC2)C2CC3CCC4CC(C5CCC(N(C6CCCCC6)C6CCC(C=CC7CCCCC7)CC6)C6CCC7C8CCCCC8CCC7C56)CC5CCC(C2)C3C45)CC1)C1CCCCC1. The average molecular weight is 1040 g/mol. The maximum Gasteiger partial charge on any atom is 0.0132 e. The Morgan fingerprint density at radius 3 is 1.14 bits per heavy atom. The number of nitrogens with zero attached hydrogens (tertiary/aromatic N) is 2. The first-order valence-corrected chi connectivity index (χ1v) is 36.6. The molecular weight excluding hydrogens is 917 g/mol. The first kappa shape index (κ1) is 53.4. The lowest BCUT2D eigenvalue weighted by Gasteiger charge is -2.64. The smallest absolute Gasteiger partial charge is 0.0132 e. The van der Waals surface area contributed by atoms with Gasteiger partial charge in [0.25, 0.3) is 0 Å². The monoisotopic (exact) mass is 1040 g/mol. The lowest BCUT2D eigenvalue weighted by Crippen LogP contribution is -2.61. The van der Waals surface area contributed by atoms with Gasteiger partial charge in [0.15, 0.2) is 0 Å².